The molecule has 2 N–H and O–H groups in total. The monoisotopic (exact) mass is 194 g/mol. The van der Waals surface area contributed by atoms with Crippen LogP contribution in [-0.2, 0) is 6.42 Å². The van der Waals surface area contributed by atoms with Crippen LogP contribution in [0.25, 0.3) is 0 Å². The normalized spacial score (nSPS) is 9.79. The van der Waals surface area contributed by atoms with E-state index in [0.29, 0.717) is 0 Å². The second kappa shape index (κ2) is 5.21. The Labute approximate surface area is 83.1 Å². The van der Waals surface area contributed by atoms with Gasteiger partial charge >= 0.3 is 6.09 Å². The number of rotatable bonds is 4. The van der Waals surface area contributed by atoms with Crippen molar-refractivity contribution in [1.82, 2.24) is 4.98 Å². The summed E-state index contributed by atoms with van der Waals surface area (Å²) in [6.07, 6.45) is 4.16. The summed E-state index contributed by atoms with van der Waals surface area (Å²) in [5.74, 6) is 0.248. The number of carbonyl (C=O) groups is 1. The number of aromatic nitrogens is 1. The van der Waals surface area contributed by atoms with Gasteiger partial charge in [0.2, 0.25) is 5.88 Å². The van der Waals surface area contributed by atoms with E-state index in [0.717, 1.165) is 24.8 Å². The largest absolute Gasteiger partial charge is 0.411 e. The first-order valence-corrected chi connectivity index (χ1v) is 4.64. The zero-order chi connectivity index (χ0) is 10.4. The standard InChI is InChI=1S/C10H14N2O2/c1-2-3-4-8-5-6-9(12-7-8)14-10(11)13/h5-7H,2-4H2,1H3,(H2,11,13). The molecule has 1 aromatic rings. The summed E-state index contributed by atoms with van der Waals surface area (Å²) in [4.78, 5) is 14.3. The zero-order valence-corrected chi connectivity index (χ0v) is 8.19. The Morgan fingerprint density at radius 1 is 1.57 bits per heavy atom. The summed E-state index contributed by atoms with van der Waals surface area (Å²) in [7, 11) is 0. The summed E-state index contributed by atoms with van der Waals surface area (Å²) >= 11 is 0. The maximum atomic E-state index is 10.4. The summed E-state index contributed by atoms with van der Waals surface area (Å²) in [6, 6.07) is 3.54. The molecular formula is C10H14N2O2. The van der Waals surface area contributed by atoms with Crippen molar-refractivity contribution in [2.45, 2.75) is 26.2 Å². The summed E-state index contributed by atoms with van der Waals surface area (Å²) in [5.41, 5.74) is 5.98. The predicted octanol–water partition coefficient (Wildman–Crippen LogP) is 1.88. The van der Waals surface area contributed by atoms with Crippen molar-refractivity contribution in [3.05, 3.63) is 23.9 Å². The number of hydrogen-bond donors (Lipinski definition) is 1. The van der Waals surface area contributed by atoms with E-state index in [4.69, 9.17) is 5.73 Å². The number of unbranched alkanes of at least 4 members (excludes halogenated alkanes) is 1. The Bertz CT molecular complexity index is 295. The Morgan fingerprint density at radius 3 is 2.86 bits per heavy atom. The lowest BCUT2D eigenvalue weighted by Crippen LogP contribution is -2.16. The van der Waals surface area contributed by atoms with Gasteiger partial charge in [-0.2, -0.15) is 0 Å². The maximum Gasteiger partial charge on any atom is 0.411 e. The highest BCUT2D eigenvalue weighted by Gasteiger charge is 1.99. The van der Waals surface area contributed by atoms with Crippen molar-refractivity contribution in [2.24, 2.45) is 5.73 Å². The van der Waals surface area contributed by atoms with Gasteiger partial charge in [0, 0.05) is 12.3 Å². The molecule has 0 aliphatic rings. The van der Waals surface area contributed by atoms with E-state index in [2.05, 4.69) is 16.6 Å². The van der Waals surface area contributed by atoms with Gasteiger partial charge in [-0.1, -0.05) is 19.4 Å². The lowest BCUT2D eigenvalue weighted by Gasteiger charge is -2.01. The molecule has 4 nitrogen and oxygen atoms in total. The third-order valence-corrected chi connectivity index (χ3v) is 1.82. The van der Waals surface area contributed by atoms with E-state index in [9.17, 15) is 4.79 Å². The predicted molar refractivity (Wildman–Crippen MR) is 53.1 cm³/mol. The van der Waals surface area contributed by atoms with Gasteiger partial charge < -0.3 is 10.5 Å². The molecule has 1 rings (SSSR count). The first-order chi connectivity index (χ1) is 6.72. The van der Waals surface area contributed by atoms with E-state index >= 15 is 0 Å². The van der Waals surface area contributed by atoms with Gasteiger partial charge in [-0.25, -0.2) is 9.78 Å². The van der Waals surface area contributed by atoms with E-state index in [1.165, 1.54) is 0 Å². The maximum absolute atomic E-state index is 10.4. The molecule has 1 heterocycles. The average molecular weight is 194 g/mol. The van der Waals surface area contributed by atoms with Crippen LogP contribution < -0.4 is 10.5 Å². The van der Waals surface area contributed by atoms with Crippen molar-refractivity contribution in [3.63, 3.8) is 0 Å². The summed E-state index contributed by atoms with van der Waals surface area (Å²) in [6.45, 7) is 2.14. The van der Waals surface area contributed by atoms with Crippen LogP contribution in [0.15, 0.2) is 18.3 Å². The molecule has 0 saturated heterocycles. The summed E-state index contributed by atoms with van der Waals surface area (Å²) in [5, 5.41) is 0. The quantitative estimate of drug-likeness (QED) is 0.795. The molecule has 1 amide bonds. The highest BCUT2D eigenvalue weighted by molar-refractivity contribution is 5.67. The van der Waals surface area contributed by atoms with Gasteiger partial charge in [0.05, 0.1) is 0 Å². The number of ether oxygens (including phenoxy) is 1. The number of primary amides is 1. The fraction of sp³-hybridized carbons (Fsp3) is 0.400. The van der Waals surface area contributed by atoms with Gasteiger partial charge in [-0.3, -0.25) is 0 Å². The van der Waals surface area contributed by atoms with Crippen LogP contribution in [0.1, 0.15) is 25.3 Å². The van der Waals surface area contributed by atoms with Crippen molar-refractivity contribution in [2.75, 3.05) is 0 Å². The molecule has 0 bridgehead atoms. The lowest BCUT2D eigenvalue weighted by atomic mass is 10.1. The zero-order valence-electron chi connectivity index (χ0n) is 8.19. The third-order valence-electron chi connectivity index (χ3n) is 1.82. The number of hydrogen-bond acceptors (Lipinski definition) is 3. The van der Waals surface area contributed by atoms with Gasteiger partial charge in [0.1, 0.15) is 0 Å². The van der Waals surface area contributed by atoms with Gasteiger partial charge in [0.25, 0.3) is 0 Å². The van der Waals surface area contributed by atoms with Crippen LogP contribution in [0.4, 0.5) is 4.79 Å². The minimum Gasteiger partial charge on any atom is -0.391 e. The second-order valence-corrected chi connectivity index (χ2v) is 3.03. The van der Waals surface area contributed by atoms with Crippen LogP contribution in [0.3, 0.4) is 0 Å². The van der Waals surface area contributed by atoms with Crippen molar-refractivity contribution in [1.29, 1.82) is 0 Å². The molecule has 14 heavy (non-hydrogen) atoms. The van der Waals surface area contributed by atoms with Crippen molar-refractivity contribution < 1.29 is 9.53 Å². The third kappa shape index (κ3) is 3.43. The fourth-order valence-corrected chi connectivity index (χ4v) is 1.10. The molecule has 0 atom stereocenters. The lowest BCUT2D eigenvalue weighted by molar-refractivity contribution is 0.209. The molecule has 0 saturated carbocycles. The first-order valence-electron chi connectivity index (χ1n) is 4.64. The van der Waals surface area contributed by atoms with Crippen molar-refractivity contribution >= 4 is 6.09 Å². The van der Waals surface area contributed by atoms with Crippen LogP contribution in [-0.4, -0.2) is 11.1 Å². The molecule has 0 aliphatic heterocycles. The molecular weight excluding hydrogens is 180 g/mol. The van der Waals surface area contributed by atoms with E-state index < -0.39 is 6.09 Å². The Hall–Kier alpha value is -1.58. The number of pyridine rings is 1. The van der Waals surface area contributed by atoms with Crippen LogP contribution in [0.2, 0.25) is 0 Å². The number of carbonyl (C=O) groups excluding carboxylic acids is 1. The number of aryl methyl sites for hydroxylation is 1. The Kier molecular flexibility index (Phi) is 3.91. The highest BCUT2D eigenvalue weighted by atomic mass is 16.6. The SMILES string of the molecule is CCCCc1ccc(OC(N)=O)nc1. The van der Waals surface area contributed by atoms with E-state index in [-0.39, 0.29) is 5.88 Å². The highest BCUT2D eigenvalue weighted by Crippen LogP contribution is 2.09. The van der Waals surface area contributed by atoms with Gasteiger partial charge in [0.15, 0.2) is 0 Å². The molecule has 0 aliphatic carbocycles. The number of nitrogens with two attached hydrogens (primary N) is 1. The van der Waals surface area contributed by atoms with E-state index in [1.807, 2.05) is 6.07 Å². The average Bonchev–Trinajstić information content (AvgIpc) is 2.16. The van der Waals surface area contributed by atoms with E-state index in [1.54, 1.807) is 12.3 Å². The molecule has 1 aromatic heterocycles. The molecule has 76 valence electrons. The second-order valence-electron chi connectivity index (χ2n) is 3.03. The summed E-state index contributed by atoms with van der Waals surface area (Å²) < 4.78 is 4.60. The minimum atomic E-state index is -0.834. The number of amides is 1. The topological polar surface area (TPSA) is 65.2 Å². The molecule has 0 spiro atoms. The molecule has 4 heteroatoms. The van der Waals surface area contributed by atoms with Crippen LogP contribution >= 0.6 is 0 Å². The van der Waals surface area contributed by atoms with Crippen molar-refractivity contribution in [3.8, 4) is 5.88 Å². The van der Waals surface area contributed by atoms with Gasteiger partial charge in [-0.05, 0) is 18.4 Å². The Balaban J connectivity index is 2.54. The van der Waals surface area contributed by atoms with Gasteiger partial charge in [-0.15, -0.1) is 0 Å². The smallest absolute Gasteiger partial charge is 0.391 e. The fourth-order valence-electron chi connectivity index (χ4n) is 1.10. The Morgan fingerprint density at radius 2 is 2.36 bits per heavy atom. The molecule has 0 aromatic carbocycles. The van der Waals surface area contributed by atoms with Crippen LogP contribution in [0, 0.1) is 0 Å². The van der Waals surface area contributed by atoms with Crippen LogP contribution in [0.5, 0.6) is 5.88 Å². The minimum absolute atomic E-state index is 0.248. The number of nitrogens with zero attached hydrogens (tertiary/aromatic N) is 1. The first kappa shape index (κ1) is 10.5. The molecule has 0 unspecified atom stereocenters. The molecule has 0 fully saturated rings. The molecule has 0 radical (unpaired) electrons.